The van der Waals surface area contributed by atoms with Crippen LogP contribution in [0.5, 0.6) is 0 Å². The topological polar surface area (TPSA) is 58.2 Å². The standard InChI is InChI=1S/C14H18Cl2N2O2/c1-2-3-4-5-6-13(19)17-18-14(20)11-8-7-10(15)9-12(11)16/h7-9H,2-6H2,1H3,(H,17,19)(H,18,20). The van der Waals surface area contributed by atoms with E-state index in [4.69, 9.17) is 23.2 Å². The molecule has 0 aliphatic heterocycles. The maximum absolute atomic E-state index is 11.8. The molecule has 0 aromatic heterocycles. The van der Waals surface area contributed by atoms with Crippen molar-refractivity contribution in [2.45, 2.75) is 39.0 Å². The van der Waals surface area contributed by atoms with Crippen LogP contribution in [0.2, 0.25) is 10.0 Å². The molecular formula is C14H18Cl2N2O2. The summed E-state index contributed by atoms with van der Waals surface area (Å²) < 4.78 is 0. The van der Waals surface area contributed by atoms with E-state index in [1.165, 1.54) is 12.1 Å². The molecule has 0 fully saturated rings. The first kappa shape index (κ1) is 16.8. The molecule has 0 aliphatic carbocycles. The molecule has 0 aliphatic rings. The van der Waals surface area contributed by atoms with Crippen molar-refractivity contribution in [3.63, 3.8) is 0 Å². The second kappa shape index (κ2) is 8.82. The molecule has 2 amide bonds. The van der Waals surface area contributed by atoms with Gasteiger partial charge in [-0.2, -0.15) is 0 Å². The molecule has 0 unspecified atom stereocenters. The van der Waals surface area contributed by atoms with Gasteiger partial charge in [-0.1, -0.05) is 49.4 Å². The summed E-state index contributed by atoms with van der Waals surface area (Å²) in [4.78, 5) is 23.3. The number of unbranched alkanes of at least 4 members (excludes halogenated alkanes) is 3. The third-order valence-electron chi connectivity index (χ3n) is 2.75. The van der Waals surface area contributed by atoms with Crippen LogP contribution >= 0.6 is 23.2 Å². The molecule has 4 nitrogen and oxygen atoms in total. The lowest BCUT2D eigenvalue weighted by Crippen LogP contribution is -2.41. The van der Waals surface area contributed by atoms with Gasteiger partial charge in [-0.3, -0.25) is 20.4 Å². The third-order valence-corrected chi connectivity index (χ3v) is 3.30. The number of benzene rings is 1. The minimum absolute atomic E-state index is 0.209. The average Bonchev–Trinajstić information content (AvgIpc) is 2.41. The molecule has 0 radical (unpaired) electrons. The zero-order valence-electron chi connectivity index (χ0n) is 11.3. The second-order valence-corrected chi connectivity index (χ2v) is 5.28. The normalized spacial score (nSPS) is 10.2. The van der Waals surface area contributed by atoms with Gasteiger partial charge in [-0.05, 0) is 24.6 Å². The monoisotopic (exact) mass is 316 g/mol. The van der Waals surface area contributed by atoms with E-state index in [0.717, 1.165) is 25.7 Å². The van der Waals surface area contributed by atoms with Crippen LogP contribution in [-0.2, 0) is 4.79 Å². The molecule has 6 heteroatoms. The van der Waals surface area contributed by atoms with E-state index in [2.05, 4.69) is 17.8 Å². The summed E-state index contributed by atoms with van der Waals surface area (Å²) >= 11 is 11.6. The zero-order valence-corrected chi connectivity index (χ0v) is 12.9. The Morgan fingerprint density at radius 1 is 1.10 bits per heavy atom. The number of hydrazine groups is 1. The highest BCUT2D eigenvalue weighted by Crippen LogP contribution is 2.20. The first-order valence-corrected chi connectivity index (χ1v) is 7.34. The highest BCUT2D eigenvalue weighted by Gasteiger charge is 2.11. The fourth-order valence-electron chi connectivity index (χ4n) is 1.64. The van der Waals surface area contributed by atoms with Gasteiger partial charge in [-0.15, -0.1) is 0 Å². The largest absolute Gasteiger partial charge is 0.273 e. The summed E-state index contributed by atoms with van der Waals surface area (Å²) in [5.74, 6) is -0.673. The predicted molar refractivity (Wildman–Crippen MR) is 80.8 cm³/mol. The zero-order chi connectivity index (χ0) is 15.0. The minimum Gasteiger partial charge on any atom is -0.273 e. The summed E-state index contributed by atoms with van der Waals surface area (Å²) in [6.45, 7) is 2.11. The van der Waals surface area contributed by atoms with Gasteiger partial charge in [0.2, 0.25) is 5.91 Å². The molecule has 1 aromatic rings. The summed E-state index contributed by atoms with van der Waals surface area (Å²) in [7, 11) is 0. The molecule has 110 valence electrons. The summed E-state index contributed by atoms with van der Waals surface area (Å²) in [6, 6.07) is 4.55. The molecule has 0 heterocycles. The van der Waals surface area contributed by atoms with Crippen molar-refractivity contribution in [2.75, 3.05) is 0 Å². The van der Waals surface area contributed by atoms with Crippen LogP contribution in [0.1, 0.15) is 49.4 Å². The van der Waals surface area contributed by atoms with Gasteiger partial charge in [0.15, 0.2) is 0 Å². The Hall–Kier alpha value is -1.26. The molecule has 0 spiro atoms. The number of halogens is 2. The molecular weight excluding hydrogens is 299 g/mol. The lowest BCUT2D eigenvalue weighted by atomic mass is 10.1. The van der Waals surface area contributed by atoms with E-state index in [9.17, 15) is 9.59 Å². The number of carbonyl (C=O) groups is 2. The van der Waals surface area contributed by atoms with Crippen molar-refractivity contribution in [1.82, 2.24) is 10.9 Å². The average molecular weight is 317 g/mol. The van der Waals surface area contributed by atoms with Gasteiger partial charge in [0.1, 0.15) is 0 Å². The Morgan fingerprint density at radius 2 is 1.85 bits per heavy atom. The molecule has 1 rings (SSSR count). The van der Waals surface area contributed by atoms with Crippen molar-refractivity contribution in [3.05, 3.63) is 33.8 Å². The van der Waals surface area contributed by atoms with E-state index >= 15 is 0 Å². The Morgan fingerprint density at radius 3 is 2.50 bits per heavy atom. The molecule has 2 N–H and O–H groups in total. The third kappa shape index (κ3) is 5.80. The van der Waals surface area contributed by atoms with Crippen molar-refractivity contribution in [3.8, 4) is 0 Å². The number of hydrogen-bond acceptors (Lipinski definition) is 2. The van der Waals surface area contributed by atoms with E-state index in [1.54, 1.807) is 6.07 Å². The fourth-order valence-corrected chi connectivity index (χ4v) is 2.14. The summed E-state index contributed by atoms with van der Waals surface area (Å²) in [6.07, 6.45) is 4.46. The van der Waals surface area contributed by atoms with Gasteiger partial charge < -0.3 is 0 Å². The fraction of sp³-hybridized carbons (Fsp3) is 0.429. The molecule has 0 saturated heterocycles. The Labute approximate surface area is 128 Å². The number of nitrogens with one attached hydrogen (secondary N) is 2. The molecule has 1 aromatic carbocycles. The van der Waals surface area contributed by atoms with Crippen molar-refractivity contribution in [2.24, 2.45) is 0 Å². The van der Waals surface area contributed by atoms with E-state index in [-0.39, 0.29) is 16.5 Å². The van der Waals surface area contributed by atoms with Crippen molar-refractivity contribution < 1.29 is 9.59 Å². The van der Waals surface area contributed by atoms with Gasteiger partial charge in [0, 0.05) is 11.4 Å². The molecule has 20 heavy (non-hydrogen) atoms. The van der Waals surface area contributed by atoms with Crippen LogP contribution in [0, 0.1) is 0 Å². The van der Waals surface area contributed by atoms with E-state index in [1.807, 2.05) is 0 Å². The quantitative estimate of drug-likeness (QED) is 0.620. The van der Waals surface area contributed by atoms with E-state index in [0.29, 0.717) is 11.4 Å². The van der Waals surface area contributed by atoms with Crippen LogP contribution in [0.25, 0.3) is 0 Å². The highest BCUT2D eigenvalue weighted by molar-refractivity contribution is 6.36. The van der Waals surface area contributed by atoms with Crippen LogP contribution < -0.4 is 10.9 Å². The predicted octanol–water partition coefficient (Wildman–Crippen LogP) is 3.72. The van der Waals surface area contributed by atoms with Crippen LogP contribution in [-0.4, -0.2) is 11.8 Å². The molecule has 0 saturated carbocycles. The smallest absolute Gasteiger partial charge is 0.271 e. The summed E-state index contributed by atoms with van der Waals surface area (Å²) in [5, 5.41) is 0.693. The number of carbonyl (C=O) groups excluding carboxylic acids is 2. The Bertz CT molecular complexity index is 478. The van der Waals surface area contributed by atoms with Gasteiger partial charge in [-0.25, -0.2) is 0 Å². The lowest BCUT2D eigenvalue weighted by molar-refractivity contribution is -0.122. The maximum atomic E-state index is 11.8. The van der Waals surface area contributed by atoms with Crippen LogP contribution in [0.15, 0.2) is 18.2 Å². The second-order valence-electron chi connectivity index (χ2n) is 4.44. The van der Waals surface area contributed by atoms with Gasteiger partial charge in [0.05, 0.1) is 10.6 Å². The van der Waals surface area contributed by atoms with Crippen LogP contribution in [0.3, 0.4) is 0 Å². The highest BCUT2D eigenvalue weighted by atomic mass is 35.5. The first-order chi connectivity index (χ1) is 9.54. The molecule has 0 bridgehead atoms. The van der Waals surface area contributed by atoms with Crippen molar-refractivity contribution in [1.29, 1.82) is 0 Å². The van der Waals surface area contributed by atoms with Gasteiger partial charge >= 0.3 is 0 Å². The maximum Gasteiger partial charge on any atom is 0.271 e. The first-order valence-electron chi connectivity index (χ1n) is 6.58. The lowest BCUT2D eigenvalue weighted by Gasteiger charge is -2.08. The SMILES string of the molecule is CCCCCCC(=O)NNC(=O)c1ccc(Cl)cc1Cl. The molecule has 0 atom stereocenters. The minimum atomic E-state index is -0.464. The summed E-state index contributed by atoms with van der Waals surface area (Å²) in [5.41, 5.74) is 4.97. The number of amides is 2. The van der Waals surface area contributed by atoms with Crippen LogP contribution in [0.4, 0.5) is 0 Å². The van der Waals surface area contributed by atoms with E-state index < -0.39 is 5.91 Å². The Balaban J connectivity index is 2.37. The van der Waals surface area contributed by atoms with Crippen molar-refractivity contribution >= 4 is 35.0 Å². The number of hydrogen-bond donors (Lipinski definition) is 2. The van der Waals surface area contributed by atoms with Gasteiger partial charge in [0.25, 0.3) is 5.91 Å². The number of rotatable bonds is 6. The Kier molecular flexibility index (Phi) is 7.41.